The largest absolute Gasteiger partial charge is 0.497 e. The standard InChI is InChI=1S/C20H22N2O3S/c1-25-18-9-5-6-15(10-18)14-26-20-21-11-17(13-23)22(20)12-19(24)16-7-3-2-4-8-16/h2-11,19,23-24H,12-14H2,1H3. The third kappa shape index (κ3) is 4.46. The van der Waals surface area contributed by atoms with Gasteiger partial charge in [0.2, 0.25) is 0 Å². The van der Waals surface area contributed by atoms with Crippen LogP contribution in [0.5, 0.6) is 5.75 Å². The van der Waals surface area contributed by atoms with Crippen molar-refractivity contribution in [1.29, 1.82) is 0 Å². The molecule has 136 valence electrons. The van der Waals surface area contributed by atoms with Gasteiger partial charge in [0.15, 0.2) is 5.16 Å². The van der Waals surface area contributed by atoms with Crippen molar-refractivity contribution in [2.45, 2.75) is 30.2 Å². The van der Waals surface area contributed by atoms with Crippen LogP contribution in [0.1, 0.15) is 22.9 Å². The van der Waals surface area contributed by atoms with E-state index in [0.29, 0.717) is 12.2 Å². The van der Waals surface area contributed by atoms with Crippen LogP contribution in [0.25, 0.3) is 0 Å². The number of aliphatic hydroxyl groups excluding tert-OH is 2. The monoisotopic (exact) mass is 370 g/mol. The highest BCUT2D eigenvalue weighted by Gasteiger charge is 2.15. The van der Waals surface area contributed by atoms with Gasteiger partial charge >= 0.3 is 0 Å². The third-order valence-electron chi connectivity index (χ3n) is 4.11. The molecular weight excluding hydrogens is 348 g/mol. The second kappa shape index (κ2) is 8.89. The van der Waals surface area contributed by atoms with Crippen molar-refractivity contribution in [2.75, 3.05) is 7.11 Å². The third-order valence-corrected chi connectivity index (χ3v) is 5.17. The van der Waals surface area contributed by atoms with Crippen molar-refractivity contribution < 1.29 is 14.9 Å². The molecule has 0 saturated heterocycles. The molecule has 3 rings (SSSR count). The molecule has 0 amide bonds. The molecule has 3 aromatic rings. The number of methoxy groups -OCH3 is 1. The first-order chi connectivity index (χ1) is 12.7. The fraction of sp³-hybridized carbons (Fsp3) is 0.250. The molecule has 2 N–H and O–H groups in total. The van der Waals surface area contributed by atoms with Gasteiger partial charge in [-0.05, 0) is 23.3 Å². The maximum absolute atomic E-state index is 10.5. The predicted molar refractivity (Wildman–Crippen MR) is 102 cm³/mol. The zero-order chi connectivity index (χ0) is 18.4. The van der Waals surface area contributed by atoms with Gasteiger partial charge in [0.1, 0.15) is 5.75 Å². The minimum absolute atomic E-state index is 0.117. The summed E-state index contributed by atoms with van der Waals surface area (Å²) in [4.78, 5) is 4.41. The Hall–Kier alpha value is -2.28. The molecule has 1 heterocycles. The summed E-state index contributed by atoms with van der Waals surface area (Å²) >= 11 is 1.57. The second-order valence-corrected chi connectivity index (χ2v) is 6.81. The summed E-state index contributed by atoms with van der Waals surface area (Å²) in [6.07, 6.45) is 0.998. The number of thioether (sulfide) groups is 1. The first-order valence-electron chi connectivity index (χ1n) is 8.35. The number of rotatable bonds is 8. The summed E-state index contributed by atoms with van der Waals surface area (Å²) in [6.45, 7) is 0.231. The molecule has 0 bridgehead atoms. The lowest BCUT2D eigenvalue weighted by Gasteiger charge is -2.16. The Morgan fingerprint density at radius 2 is 1.96 bits per heavy atom. The molecule has 0 aliphatic heterocycles. The smallest absolute Gasteiger partial charge is 0.168 e. The van der Waals surface area contributed by atoms with Crippen molar-refractivity contribution in [3.63, 3.8) is 0 Å². The molecule has 0 spiro atoms. The van der Waals surface area contributed by atoms with E-state index in [-0.39, 0.29) is 6.61 Å². The number of benzene rings is 2. The van der Waals surface area contributed by atoms with Crippen molar-refractivity contribution in [2.24, 2.45) is 0 Å². The Bertz CT molecular complexity index is 836. The molecule has 0 aliphatic rings. The van der Waals surface area contributed by atoms with Gasteiger partial charge < -0.3 is 19.5 Å². The lowest BCUT2D eigenvalue weighted by Crippen LogP contribution is -2.12. The lowest BCUT2D eigenvalue weighted by atomic mass is 10.1. The lowest BCUT2D eigenvalue weighted by molar-refractivity contribution is 0.148. The van der Waals surface area contributed by atoms with E-state index < -0.39 is 6.10 Å². The molecule has 1 unspecified atom stereocenters. The van der Waals surface area contributed by atoms with E-state index in [0.717, 1.165) is 27.8 Å². The normalized spacial score (nSPS) is 12.1. The van der Waals surface area contributed by atoms with Crippen molar-refractivity contribution in [3.8, 4) is 5.75 Å². The van der Waals surface area contributed by atoms with Crippen LogP contribution in [0.15, 0.2) is 66.0 Å². The predicted octanol–water partition coefficient (Wildman–Crippen LogP) is 3.41. The number of ether oxygens (including phenoxy) is 1. The van der Waals surface area contributed by atoms with Crippen molar-refractivity contribution in [1.82, 2.24) is 9.55 Å². The molecule has 0 fully saturated rings. The number of hydrogen-bond donors (Lipinski definition) is 2. The van der Waals surface area contributed by atoms with Gasteiger partial charge in [-0.2, -0.15) is 0 Å². The summed E-state index contributed by atoms with van der Waals surface area (Å²) in [6, 6.07) is 17.4. The van der Waals surface area contributed by atoms with Gasteiger partial charge in [-0.3, -0.25) is 0 Å². The summed E-state index contributed by atoms with van der Waals surface area (Å²) in [7, 11) is 1.65. The number of hydrogen-bond acceptors (Lipinski definition) is 5. The number of aliphatic hydroxyl groups is 2. The first-order valence-corrected chi connectivity index (χ1v) is 9.34. The molecule has 0 radical (unpaired) electrons. The second-order valence-electron chi connectivity index (χ2n) is 5.87. The van der Waals surface area contributed by atoms with E-state index >= 15 is 0 Å². The summed E-state index contributed by atoms with van der Waals surface area (Å²) in [5, 5.41) is 20.9. The highest BCUT2D eigenvalue weighted by Crippen LogP contribution is 2.27. The average Bonchev–Trinajstić information content (AvgIpc) is 3.08. The Morgan fingerprint density at radius 3 is 2.69 bits per heavy atom. The number of aromatic nitrogens is 2. The van der Waals surface area contributed by atoms with E-state index in [9.17, 15) is 10.2 Å². The fourth-order valence-corrected chi connectivity index (χ4v) is 3.64. The van der Waals surface area contributed by atoms with E-state index in [1.807, 2.05) is 59.2 Å². The van der Waals surface area contributed by atoms with Crippen LogP contribution < -0.4 is 4.74 Å². The van der Waals surface area contributed by atoms with Crippen molar-refractivity contribution >= 4 is 11.8 Å². The minimum atomic E-state index is -0.660. The molecule has 6 heteroatoms. The van der Waals surface area contributed by atoms with E-state index in [4.69, 9.17) is 4.74 Å². The van der Waals surface area contributed by atoms with Crippen molar-refractivity contribution in [3.05, 3.63) is 77.6 Å². The maximum atomic E-state index is 10.5. The molecule has 2 aromatic carbocycles. The topological polar surface area (TPSA) is 67.5 Å². The van der Waals surface area contributed by atoms with Crippen LogP contribution in [0, 0.1) is 0 Å². The average molecular weight is 370 g/mol. The first kappa shape index (κ1) is 18.5. The molecule has 5 nitrogen and oxygen atoms in total. The van der Waals surface area contributed by atoms with Crippen LogP contribution in [0.3, 0.4) is 0 Å². The summed E-state index contributed by atoms with van der Waals surface area (Å²) < 4.78 is 7.14. The molecule has 26 heavy (non-hydrogen) atoms. The molecule has 1 aromatic heterocycles. The summed E-state index contributed by atoms with van der Waals surface area (Å²) in [5.74, 6) is 1.54. The molecular formula is C20H22N2O3S. The minimum Gasteiger partial charge on any atom is -0.497 e. The summed E-state index contributed by atoms with van der Waals surface area (Å²) in [5.41, 5.74) is 2.65. The number of imidazole rings is 1. The Morgan fingerprint density at radius 1 is 1.15 bits per heavy atom. The van der Waals surface area contributed by atoms with E-state index in [1.165, 1.54) is 0 Å². The van der Waals surface area contributed by atoms with Gasteiger partial charge in [-0.25, -0.2) is 4.98 Å². The molecule has 1 atom stereocenters. The zero-order valence-electron chi connectivity index (χ0n) is 14.6. The van der Waals surface area contributed by atoms with Gasteiger partial charge in [0.25, 0.3) is 0 Å². The molecule has 0 aliphatic carbocycles. The van der Waals surface area contributed by atoms with Gasteiger partial charge in [0.05, 0.1) is 38.3 Å². The molecule has 0 saturated carbocycles. The zero-order valence-corrected chi connectivity index (χ0v) is 15.4. The SMILES string of the molecule is COc1cccc(CSc2ncc(CO)n2CC(O)c2ccccc2)c1. The number of nitrogens with zero attached hydrogens (tertiary/aromatic N) is 2. The van der Waals surface area contributed by atoms with E-state index in [2.05, 4.69) is 4.98 Å². The van der Waals surface area contributed by atoms with Gasteiger partial charge in [-0.1, -0.05) is 54.2 Å². The highest BCUT2D eigenvalue weighted by molar-refractivity contribution is 7.98. The van der Waals surface area contributed by atoms with Gasteiger partial charge in [-0.15, -0.1) is 0 Å². The Balaban J connectivity index is 1.74. The van der Waals surface area contributed by atoms with Crippen LogP contribution >= 0.6 is 11.8 Å². The maximum Gasteiger partial charge on any atom is 0.168 e. The van der Waals surface area contributed by atoms with Crippen LogP contribution in [0.4, 0.5) is 0 Å². The Kier molecular flexibility index (Phi) is 6.33. The van der Waals surface area contributed by atoms with Crippen LogP contribution in [-0.4, -0.2) is 26.9 Å². The van der Waals surface area contributed by atoms with Crippen LogP contribution in [-0.2, 0) is 18.9 Å². The quantitative estimate of drug-likeness (QED) is 0.595. The Labute approximate surface area is 157 Å². The van der Waals surface area contributed by atoms with Gasteiger partial charge in [0, 0.05) is 5.75 Å². The fourth-order valence-electron chi connectivity index (χ4n) is 2.69. The van der Waals surface area contributed by atoms with Crippen LogP contribution in [0.2, 0.25) is 0 Å². The van der Waals surface area contributed by atoms with E-state index in [1.54, 1.807) is 25.1 Å². The highest BCUT2D eigenvalue weighted by atomic mass is 32.2.